The summed E-state index contributed by atoms with van der Waals surface area (Å²) in [6.07, 6.45) is 9.25. The summed E-state index contributed by atoms with van der Waals surface area (Å²) in [7, 11) is -7.11. The second kappa shape index (κ2) is 14.5. The molecule has 2 aliphatic rings. The van der Waals surface area contributed by atoms with Gasteiger partial charge in [-0.25, -0.2) is 18.4 Å². The van der Waals surface area contributed by atoms with E-state index in [0.29, 0.717) is 53.3 Å². The van der Waals surface area contributed by atoms with Crippen molar-refractivity contribution >= 4 is 47.6 Å². The van der Waals surface area contributed by atoms with Crippen LogP contribution < -0.4 is 4.18 Å². The number of sulfonamides is 1. The van der Waals surface area contributed by atoms with Gasteiger partial charge < -0.3 is 14.0 Å². The van der Waals surface area contributed by atoms with E-state index in [2.05, 4.69) is 33.9 Å². The van der Waals surface area contributed by atoms with Crippen LogP contribution in [0, 0.1) is 0 Å². The molecule has 11 nitrogen and oxygen atoms in total. The number of carbonyl (C=O) groups is 1. The molecule has 0 saturated carbocycles. The van der Waals surface area contributed by atoms with Gasteiger partial charge in [0.2, 0.25) is 10.9 Å². The monoisotopic (exact) mass is 737 g/mol. The van der Waals surface area contributed by atoms with E-state index < -0.39 is 26.2 Å². The van der Waals surface area contributed by atoms with Gasteiger partial charge in [0.15, 0.2) is 5.03 Å². The average Bonchev–Trinajstić information content (AvgIpc) is 3.16. The molecule has 0 unspecified atom stereocenters. The standard InChI is InChI=1S/C39H39N5O6S2/c1-28-9-3-8-14-35(28)43-23-25-44(26-24-43)39(45)36(42(2)51(46,47)37-33-12-6-4-10-30(33)19-21-40-37)27-29-15-17-32(18-16-29)50-52(48,49)38-34-13-7-5-11-31(34)20-22-41-38/h4-8,10-22,36H,3,9,23-27H2,1-2H3/t36-/m0/s1. The predicted octanol–water partition coefficient (Wildman–Crippen LogP) is 5.55. The van der Waals surface area contributed by atoms with E-state index in [0.717, 1.165) is 17.1 Å². The molecule has 1 amide bonds. The van der Waals surface area contributed by atoms with Crippen molar-refractivity contribution in [2.24, 2.45) is 0 Å². The second-order valence-electron chi connectivity index (χ2n) is 13.0. The van der Waals surface area contributed by atoms with Crippen molar-refractivity contribution in [3.63, 3.8) is 0 Å². The van der Waals surface area contributed by atoms with Crippen LogP contribution in [0.1, 0.15) is 25.3 Å². The van der Waals surface area contributed by atoms with Crippen molar-refractivity contribution in [3.05, 3.63) is 126 Å². The van der Waals surface area contributed by atoms with E-state index in [4.69, 9.17) is 4.18 Å². The molecule has 13 heteroatoms. The highest BCUT2D eigenvalue weighted by Gasteiger charge is 2.38. The molecule has 52 heavy (non-hydrogen) atoms. The van der Waals surface area contributed by atoms with E-state index in [-0.39, 0.29) is 28.1 Å². The molecule has 1 saturated heterocycles. The van der Waals surface area contributed by atoms with E-state index in [1.807, 2.05) is 18.2 Å². The predicted molar refractivity (Wildman–Crippen MR) is 199 cm³/mol. The van der Waals surface area contributed by atoms with Gasteiger partial charge in [0.25, 0.3) is 10.0 Å². The molecule has 3 aromatic carbocycles. The maximum absolute atomic E-state index is 14.4. The summed E-state index contributed by atoms with van der Waals surface area (Å²) in [5.74, 6) is -0.263. The minimum atomic E-state index is -4.28. The van der Waals surface area contributed by atoms with Crippen LogP contribution in [0.2, 0.25) is 0 Å². The van der Waals surface area contributed by atoms with Crippen molar-refractivity contribution in [2.75, 3.05) is 33.2 Å². The number of likely N-dealkylation sites (N-methyl/N-ethyl adjacent to an activating group) is 1. The van der Waals surface area contributed by atoms with Crippen molar-refractivity contribution in [2.45, 2.75) is 42.3 Å². The lowest BCUT2D eigenvalue weighted by Gasteiger charge is -2.40. The molecule has 5 aromatic rings. The number of hydrogen-bond acceptors (Lipinski definition) is 9. The van der Waals surface area contributed by atoms with Crippen LogP contribution in [0.4, 0.5) is 0 Å². The third kappa shape index (κ3) is 7.03. The third-order valence-electron chi connectivity index (χ3n) is 9.75. The quantitative estimate of drug-likeness (QED) is 0.170. The van der Waals surface area contributed by atoms with E-state index in [9.17, 15) is 21.6 Å². The molecule has 1 atom stereocenters. The Hall–Kier alpha value is -5.11. The van der Waals surface area contributed by atoms with Crippen LogP contribution in [0.3, 0.4) is 0 Å². The topological polar surface area (TPSA) is 130 Å². The second-order valence-corrected chi connectivity index (χ2v) is 16.4. The smallest absolute Gasteiger partial charge is 0.357 e. The molecule has 0 N–H and O–H groups in total. The van der Waals surface area contributed by atoms with Gasteiger partial charge in [-0.05, 0) is 78.4 Å². The minimum Gasteiger partial charge on any atom is -0.378 e. The molecule has 0 bridgehead atoms. The fourth-order valence-corrected chi connectivity index (χ4v) is 9.37. The lowest BCUT2D eigenvalue weighted by Crippen LogP contribution is -2.55. The molecule has 1 aliphatic carbocycles. The number of fused-ring (bicyclic) bond motifs is 2. The van der Waals surface area contributed by atoms with Crippen LogP contribution in [-0.2, 0) is 31.4 Å². The molecule has 3 heterocycles. The first kappa shape index (κ1) is 35.3. The summed E-state index contributed by atoms with van der Waals surface area (Å²) in [5, 5.41) is 2.01. The Morgan fingerprint density at radius 2 is 1.40 bits per heavy atom. The van der Waals surface area contributed by atoms with Gasteiger partial charge in [-0.2, -0.15) is 12.7 Å². The average molecular weight is 738 g/mol. The van der Waals surface area contributed by atoms with Gasteiger partial charge in [0.05, 0.1) is 0 Å². The Bertz CT molecular complexity index is 2410. The molecular formula is C39H39N5O6S2. The van der Waals surface area contributed by atoms with Crippen LogP contribution in [0.15, 0.2) is 131 Å². The highest BCUT2D eigenvalue weighted by atomic mass is 32.2. The zero-order valence-electron chi connectivity index (χ0n) is 28.9. The van der Waals surface area contributed by atoms with E-state index >= 15 is 0 Å². The summed E-state index contributed by atoms with van der Waals surface area (Å²) < 4.78 is 61.7. The van der Waals surface area contributed by atoms with Crippen LogP contribution in [0.5, 0.6) is 5.75 Å². The molecule has 1 fully saturated rings. The normalized spacial score (nSPS) is 16.1. The fourth-order valence-electron chi connectivity index (χ4n) is 6.85. The first-order chi connectivity index (χ1) is 25.0. The Morgan fingerprint density at radius 3 is 2.04 bits per heavy atom. The van der Waals surface area contributed by atoms with Crippen molar-refractivity contribution in [1.29, 1.82) is 0 Å². The van der Waals surface area contributed by atoms with Crippen LogP contribution in [-0.4, -0.2) is 86.1 Å². The number of benzene rings is 3. The number of rotatable bonds is 10. The van der Waals surface area contributed by atoms with Gasteiger partial charge in [-0.3, -0.25) is 4.79 Å². The van der Waals surface area contributed by atoms with Gasteiger partial charge in [0.1, 0.15) is 11.8 Å². The number of pyridine rings is 2. The van der Waals surface area contributed by atoms with Crippen LogP contribution in [0.25, 0.3) is 21.5 Å². The first-order valence-corrected chi connectivity index (χ1v) is 20.0. The SMILES string of the molecule is CC1=C(N2CCN(C(=O)[C@H](Cc3ccc(OS(=O)(=O)c4nccc5ccccc45)cc3)N(C)S(=O)(=O)c3nccc4ccccc34)CC2)C=CCC1. The van der Waals surface area contributed by atoms with Gasteiger partial charge in [-0.15, -0.1) is 0 Å². The summed E-state index contributed by atoms with van der Waals surface area (Å²) in [6, 6.07) is 22.7. The molecule has 268 valence electrons. The zero-order valence-corrected chi connectivity index (χ0v) is 30.6. The number of amides is 1. The Morgan fingerprint density at radius 1 is 0.808 bits per heavy atom. The van der Waals surface area contributed by atoms with Crippen molar-refractivity contribution in [1.82, 2.24) is 24.1 Å². The lowest BCUT2D eigenvalue weighted by molar-refractivity contribution is -0.136. The molecular weight excluding hydrogens is 699 g/mol. The Kier molecular flexibility index (Phi) is 9.84. The number of aromatic nitrogens is 2. The van der Waals surface area contributed by atoms with Gasteiger partial charge >= 0.3 is 10.1 Å². The van der Waals surface area contributed by atoms with Crippen LogP contribution >= 0.6 is 0 Å². The molecule has 1 aliphatic heterocycles. The van der Waals surface area contributed by atoms with E-state index in [1.165, 1.54) is 42.8 Å². The van der Waals surface area contributed by atoms with Crippen molar-refractivity contribution < 1.29 is 25.8 Å². The van der Waals surface area contributed by atoms with E-state index in [1.54, 1.807) is 59.5 Å². The summed E-state index contributed by atoms with van der Waals surface area (Å²) >= 11 is 0. The minimum absolute atomic E-state index is 0.0322. The number of piperazine rings is 1. The highest BCUT2D eigenvalue weighted by Crippen LogP contribution is 2.29. The van der Waals surface area contributed by atoms with Gasteiger partial charge in [-0.1, -0.05) is 66.7 Å². The molecule has 7 rings (SSSR count). The Balaban J connectivity index is 1.15. The molecule has 0 spiro atoms. The molecule has 2 aromatic heterocycles. The summed E-state index contributed by atoms with van der Waals surface area (Å²) in [4.78, 5) is 26.8. The number of carbonyl (C=O) groups excluding carboxylic acids is 1. The first-order valence-electron chi connectivity index (χ1n) is 17.1. The number of nitrogens with zero attached hydrogens (tertiary/aromatic N) is 5. The Labute approximate surface area is 304 Å². The molecule has 0 radical (unpaired) electrons. The summed E-state index contributed by atoms with van der Waals surface area (Å²) in [6.45, 7) is 4.27. The maximum Gasteiger partial charge on any atom is 0.357 e. The maximum atomic E-state index is 14.4. The fraction of sp³-hybridized carbons (Fsp3) is 0.256. The largest absolute Gasteiger partial charge is 0.378 e. The number of hydrogen-bond donors (Lipinski definition) is 0. The zero-order chi connectivity index (χ0) is 36.5. The summed E-state index contributed by atoms with van der Waals surface area (Å²) in [5.41, 5.74) is 3.13. The number of allylic oxidation sites excluding steroid dienone is 3. The lowest BCUT2D eigenvalue weighted by atomic mass is 10.0. The highest BCUT2D eigenvalue weighted by molar-refractivity contribution is 7.89. The third-order valence-corrected chi connectivity index (χ3v) is 12.8. The van der Waals surface area contributed by atoms with Gasteiger partial charge in [0, 0.05) is 62.1 Å². The van der Waals surface area contributed by atoms with Crippen molar-refractivity contribution in [3.8, 4) is 5.75 Å².